The summed E-state index contributed by atoms with van der Waals surface area (Å²) >= 11 is 5.86. The van der Waals surface area contributed by atoms with Gasteiger partial charge in [-0.25, -0.2) is 0 Å². The average molecular weight is 371 g/mol. The van der Waals surface area contributed by atoms with Crippen molar-refractivity contribution in [3.63, 3.8) is 0 Å². The number of benzene rings is 2. The number of nitro benzene ring substituents is 1. The molecule has 7 heteroatoms. The fourth-order valence-corrected chi connectivity index (χ4v) is 3.06. The van der Waals surface area contributed by atoms with E-state index in [1.807, 2.05) is 36.7 Å². The van der Waals surface area contributed by atoms with Crippen molar-refractivity contribution in [2.75, 3.05) is 5.32 Å². The van der Waals surface area contributed by atoms with Gasteiger partial charge in [0.05, 0.1) is 17.2 Å². The minimum atomic E-state index is -0.438. The summed E-state index contributed by atoms with van der Waals surface area (Å²) in [6.45, 7) is 5.10. The van der Waals surface area contributed by atoms with Gasteiger partial charge in [0.2, 0.25) is 0 Å². The summed E-state index contributed by atoms with van der Waals surface area (Å²) in [5.41, 5.74) is 4.55. The average Bonchev–Trinajstić information content (AvgIpc) is 2.88. The first kappa shape index (κ1) is 17.9. The van der Waals surface area contributed by atoms with Crippen molar-refractivity contribution >= 4 is 23.0 Å². The van der Waals surface area contributed by atoms with E-state index in [4.69, 9.17) is 11.6 Å². The van der Waals surface area contributed by atoms with Gasteiger partial charge in [0.25, 0.3) is 5.69 Å². The molecule has 0 saturated carbocycles. The maximum atomic E-state index is 11.2. The summed E-state index contributed by atoms with van der Waals surface area (Å²) in [5, 5.41) is 19.3. The Hall–Kier alpha value is -2.86. The molecular weight excluding hydrogens is 352 g/mol. The zero-order chi connectivity index (χ0) is 18.7. The molecule has 0 radical (unpaired) electrons. The third kappa shape index (κ3) is 3.86. The minimum absolute atomic E-state index is 0.0375. The molecule has 1 N–H and O–H groups in total. The summed E-state index contributed by atoms with van der Waals surface area (Å²) in [7, 11) is 0. The van der Waals surface area contributed by atoms with E-state index in [0.29, 0.717) is 23.8 Å². The van der Waals surface area contributed by atoms with E-state index in [1.54, 1.807) is 12.1 Å². The van der Waals surface area contributed by atoms with Gasteiger partial charge in [-0.15, -0.1) is 0 Å². The maximum absolute atomic E-state index is 11.2. The van der Waals surface area contributed by atoms with Crippen LogP contribution in [0.2, 0.25) is 5.02 Å². The third-order valence-electron chi connectivity index (χ3n) is 4.32. The van der Waals surface area contributed by atoms with Crippen LogP contribution in [0.1, 0.15) is 22.5 Å². The minimum Gasteiger partial charge on any atom is -0.375 e. The highest BCUT2D eigenvalue weighted by Crippen LogP contribution is 2.28. The summed E-state index contributed by atoms with van der Waals surface area (Å²) in [4.78, 5) is 10.8. The normalized spacial score (nSPS) is 10.7. The van der Waals surface area contributed by atoms with Crippen molar-refractivity contribution in [1.29, 1.82) is 0 Å². The second-order valence-corrected chi connectivity index (χ2v) is 6.50. The van der Waals surface area contributed by atoms with E-state index in [9.17, 15) is 10.1 Å². The Bertz CT molecular complexity index is 938. The van der Waals surface area contributed by atoms with Crippen LogP contribution in [0.4, 0.5) is 11.4 Å². The molecule has 0 saturated heterocycles. The molecule has 0 aliphatic rings. The number of hydrogen-bond donors (Lipinski definition) is 1. The van der Waals surface area contributed by atoms with E-state index in [1.165, 1.54) is 11.6 Å². The standard InChI is InChI=1S/C19H19ClN4O2/c1-13-17(11-21-18-9-8-16(20)10-19(18)24(25)26)14(2)23(22-13)12-15-6-4-3-5-7-15/h3-10,21H,11-12H2,1-2H3. The van der Waals surface area contributed by atoms with Crippen molar-refractivity contribution in [2.45, 2.75) is 26.9 Å². The Morgan fingerprint density at radius 1 is 1.19 bits per heavy atom. The molecule has 0 aliphatic carbocycles. The van der Waals surface area contributed by atoms with Crippen LogP contribution in [0.25, 0.3) is 0 Å². The molecule has 2 aromatic carbocycles. The van der Waals surface area contributed by atoms with Gasteiger partial charge in [-0.1, -0.05) is 41.9 Å². The first-order valence-corrected chi connectivity index (χ1v) is 8.58. The van der Waals surface area contributed by atoms with E-state index in [2.05, 4.69) is 22.5 Å². The lowest BCUT2D eigenvalue weighted by molar-refractivity contribution is -0.383. The quantitative estimate of drug-likeness (QED) is 0.503. The topological polar surface area (TPSA) is 73.0 Å². The number of nitro groups is 1. The number of hydrogen-bond acceptors (Lipinski definition) is 4. The molecule has 0 atom stereocenters. The van der Waals surface area contributed by atoms with Gasteiger partial charge in [0.1, 0.15) is 5.69 Å². The highest BCUT2D eigenvalue weighted by atomic mass is 35.5. The number of aryl methyl sites for hydroxylation is 1. The fourth-order valence-electron chi connectivity index (χ4n) is 2.89. The molecular formula is C19H19ClN4O2. The zero-order valence-electron chi connectivity index (χ0n) is 14.6. The van der Waals surface area contributed by atoms with Gasteiger partial charge >= 0.3 is 0 Å². The number of halogens is 1. The highest BCUT2D eigenvalue weighted by molar-refractivity contribution is 6.30. The summed E-state index contributed by atoms with van der Waals surface area (Å²) in [6.07, 6.45) is 0. The van der Waals surface area contributed by atoms with Crippen molar-refractivity contribution in [2.24, 2.45) is 0 Å². The molecule has 0 spiro atoms. The highest BCUT2D eigenvalue weighted by Gasteiger charge is 2.16. The molecule has 0 bridgehead atoms. The van der Waals surface area contributed by atoms with E-state index >= 15 is 0 Å². The van der Waals surface area contributed by atoms with Crippen LogP contribution in [0, 0.1) is 24.0 Å². The second kappa shape index (κ2) is 7.58. The molecule has 3 aromatic rings. The van der Waals surface area contributed by atoms with Crippen LogP contribution in [0.15, 0.2) is 48.5 Å². The van der Waals surface area contributed by atoms with Crippen LogP contribution in [0.5, 0.6) is 0 Å². The van der Waals surface area contributed by atoms with Crippen molar-refractivity contribution < 1.29 is 4.92 Å². The summed E-state index contributed by atoms with van der Waals surface area (Å²) < 4.78 is 1.96. The van der Waals surface area contributed by atoms with Gasteiger partial charge in [-0.2, -0.15) is 5.10 Å². The molecule has 1 heterocycles. The molecule has 3 rings (SSSR count). The SMILES string of the molecule is Cc1nn(Cc2ccccc2)c(C)c1CNc1ccc(Cl)cc1[N+](=O)[O-]. The van der Waals surface area contributed by atoms with Crippen molar-refractivity contribution in [3.8, 4) is 0 Å². The first-order valence-electron chi connectivity index (χ1n) is 8.20. The molecule has 6 nitrogen and oxygen atoms in total. The Labute approximate surface area is 156 Å². The van der Waals surface area contributed by atoms with Gasteiger partial charge < -0.3 is 5.32 Å². The van der Waals surface area contributed by atoms with E-state index < -0.39 is 4.92 Å². The maximum Gasteiger partial charge on any atom is 0.293 e. The van der Waals surface area contributed by atoms with Crippen molar-refractivity contribution in [1.82, 2.24) is 9.78 Å². The summed E-state index contributed by atoms with van der Waals surface area (Å²) in [5.74, 6) is 0. The molecule has 1 aromatic heterocycles. The van der Waals surface area contributed by atoms with Gasteiger partial charge in [-0.3, -0.25) is 14.8 Å². The van der Waals surface area contributed by atoms with Crippen LogP contribution in [-0.2, 0) is 13.1 Å². The number of anilines is 1. The molecule has 134 valence electrons. The predicted molar refractivity (Wildman–Crippen MR) is 103 cm³/mol. The number of nitrogens with zero attached hydrogens (tertiary/aromatic N) is 3. The van der Waals surface area contributed by atoms with Crippen molar-refractivity contribution in [3.05, 3.63) is 86.2 Å². The van der Waals surface area contributed by atoms with Gasteiger partial charge in [-0.05, 0) is 31.5 Å². The number of rotatable bonds is 6. The zero-order valence-corrected chi connectivity index (χ0v) is 15.3. The Morgan fingerprint density at radius 2 is 1.92 bits per heavy atom. The Balaban J connectivity index is 1.80. The largest absolute Gasteiger partial charge is 0.375 e. The molecule has 0 unspecified atom stereocenters. The van der Waals surface area contributed by atoms with Crippen LogP contribution < -0.4 is 5.32 Å². The van der Waals surface area contributed by atoms with E-state index in [-0.39, 0.29) is 5.69 Å². The van der Waals surface area contributed by atoms with E-state index in [0.717, 1.165) is 17.0 Å². The molecule has 0 fully saturated rings. The fraction of sp³-hybridized carbons (Fsp3) is 0.211. The van der Waals surface area contributed by atoms with Gasteiger partial charge in [0, 0.05) is 28.9 Å². The van der Waals surface area contributed by atoms with Crippen LogP contribution in [-0.4, -0.2) is 14.7 Å². The van der Waals surface area contributed by atoms with Crippen LogP contribution >= 0.6 is 11.6 Å². The van der Waals surface area contributed by atoms with Gasteiger partial charge in [0.15, 0.2) is 0 Å². The molecule has 26 heavy (non-hydrogen) atoms. The first-order chi connectivity index (χ1) is 12.5. The number of nitrogens with one attached hydrogen (secondary N) is 1. The Morgan fingerprint density at radius 3 is 2.62 bits per heavy atom. The smallest absolute Gasteiger partial charge is 0.293 e. The Kier molecular flexibility index (Phi) is 5.23. The second-order valence-electron chi connectivity index (χ2n) is 6.06. The molecule has 0 aliphatic heterocycles. The predicted octanol–water partition coefficient (Wildman–Crippen LogP) is 4.72. The number of aromatic nitrogens is 2. The summed E-state index contributed by atoms with van der Waals surface area (Å²) in [6, 6.07) is 14.7. The third-order valence-corrected chi connectivity index (χ3v) is 4.55. The lowest BCUT2D eigenvalue weighted by atomic mass is 10.1. The lowest BCUT2D eigenvalue weighted by Gasteiger charge is -2.09. The monoisotopic (exact) mass is 370 g/mol. The lowest BCUT2D eigenvalue weighted by Crippen LogP contribution is -2.06. The molecule has 0 amide bonds. The van der Waals surface area contributed by atoms with Crippen LogP contribution in [0.3, 0.4) is 0 Å².